The molecule has 73 heavy (non-hydrogen) atoms. The summed E-state index contributed by atoms with van der Waals surface area (Å²) in [7, 11) is -5.58. The molecule has 0 aromatic heterocycles. The Bertz CT molecular complexity index is 2690. The third kappa shape index (κ3) is 18.5. The van der Waals surface area contributed by atoms with E-state index in [0.29, 0.717) is 72.2 Å². The molecule has 7 N–H and O–H groups in total. The largest absolute Gasteiger partial charge is 0.378 e. The van der Waals surface area contributed by atoms with E-state index < -0.39 is 20.0 Å². The summed E-state index contributed by atoms with van der Waals surface area (Å²) in [6.45, 7) is 6.05. The van der Waals surface area contributed by atoms with Crippen LogP contribution in [0.5, 0.6) is 0 Å². The molecule has 24 heteroatoms. The fourth-order valence-corrected chi connectivity index (χ4v) is 11.6. The lowest BCUT2D eigenvalue weighted by molar-refractivity contribution is 0.0516. The molecule has 0 spiro atoms. The van der Waals surface area contributed by atoms with Crippen molar-refractivity contribution in [2.75, 3.05) is 112 Å². The predicted octanol–water partition coefficient (Wildman–Crippen LogP) is 5.81. The number of hydrogen-bond acceptors (Lipinski definition) is 12. The summed E-state index contributed by atoms with van der Waals surface area (Å²) >= 11 is 25.6. The maximum Gasteiger partial charge on any atom is 0.314 e. The van der Waals surface area contributed by atoms with Crippen LogP contribution in [-0.4, -0.2) is 146 Å². The first kappa shape index (κ1) is 58.4. The Kier molecular flexibility index (Phi) is 23.6. The van der Waals surface area contributed by atoms with Crippen molar-refractivity contribution in [2.45, 2.75) is 47.6 Å². The number of unbranched alkanes of at least 4 members (excludes halogenated alkanes) is 1. The zero-order valence-electron chi connectivity index (χ0n) is 40.6. The van der Waals surface area contributed by atoms with Crippen LogP contribution in [0.3, 0.4) is 0 Å². The minimum absolute atomic E-state index is 0.0774. The number of amides is 4. The molecule has 0 fully saturated rings. The molecule has 6 rings (SSSR count). The molecular weight excluding hydrogens is 1070 g/mol. The molecule has 2 aliphatic heterocycles. The van der Waals surface area contributed by atoms with Gasteiger partial charge >= 0.3 is 12.1 Å². The van der Waals surface area contributed by atoms with Gasteiger partial charge in [0.05, 0.1) is 62.6 Å². The number of nitrogens with zero attached hydrogens (tertiary/aromatic N) is 1. The van der Waals surface area contributed by atoms with Crippen LogP contribution in [0.15, 0.2) is 82.6 Å². The Hall–Kier alpha value is -3.84. The van der Waals surface area contributed by atoms with E-state index in [1.165, 1.54) is 0 Å². The molecule has 0 saturated heterocycles. The first-order valence-electron chi connectivity index (χ1n) is 24.0. The Balaban J connectivity index is 0.703. The van der Waals surface area contributed by atoms with Crippen LogP contribution in [0.25, 0.3) is 0 Å². The molecule has 0 radical (unpaired) electrons. The number of sulfonamides is 2. The number of carbonyl (C=O) groups is 2. The van der Waals surface area contributed by atoms with E-state index in [9.17, 15) is 26.4 Å². The maximum atomic E-state index is 13.1. The Morgan fingerprint density at radius 1 is 0.575 bits per heavy atom. The van der Waals surface area contributed by atoms with Crippen molar-refractivity contribution in [3.05, 3.63) is 126 Å². The number of fused-ring (bicyclic) bond motifs is 2. The Labute approximate surface area is 448 Å². The molecular formula is C49H64Cl4N8O10S2. The summed E-state index contributed by atoms with van der Waals surface area (Å²) in [5.41, 5.74) is 5.60. The molecule has 4 amide bonds. The molecule has 2 unspecified atom stereocenters. The van der Waals surface area contributed by atoms with Crippen molar-refractivity contribution in [1.29, 1.82) is 0 Å². The van der Waals surface area contributed by atoms with E-state index >= 15 is 0 Å². The van der Waals surface area contributed by atoms with Gasteiger partial charge in [-0.15, -0.1) is 0 Å². The molecule has 0 aliphatic carbocycles. The smallest absolute Gasteiger partial charge is 0.314 e. The summed E-state index contributed by atoms with van der Waals surface area (Å²) in [6, 6.07) is 20.3. The van der Waals surface area contributed by atoms with Crippen molar-refractivity contribution < 1.29 is 45.4 Å². The summed E-state index contributed by atoms with van der Waals surface area (Å²) in [5, 5.41) is 16.5. The van der Waals surface area contributed by atoms with Crippen LogP contribution < -0.4 is 36.0 Å². The van der Waals surface area contributed by atoms with Crippen molar-refractivity contribution in [3.63, 3.8) is 0 Å². The van der Waals surface area contributed by atoms with Gasteiger partial charge in [-0.1, -0.05) is 70.7 Å². The van der Waals surface area contributed by atoms with E-state index in [2.05, 4.69) is 40.9 Å². The summed E-state index contributed by atoms with van der Waals surface area (Å²) in [4.78, 5) is 26.6. The number of likely N-dealkylation sites (N-methyl/N-ethyl adjacent to an activating group) is 1. The average molecular weight is 1130 g/mol. The minimum atomic E-state index is -3.79. The number of hydrogen-bond donors (Lipinski definition) is 7. The summed E-state index contributed by atoms with van der Waals surface area (Å²) < 4.78 is 79.6. The highest BCUT2D eigenvalue weighted by molar-refractivity contribution is 7.89. The Morgan fingerprint density at radius 2 is 1.01 bits per heavy atom. The predicted molar refractivity (Wildman–Crippen MR) is 283 cm³/mol. The minimum Gasteiger partial charge on any atom is -0.378 e. The zero-order valence-corrected chi connectivity index (χ0v) is 45.2. The van der Waals surface area contributed by atoms with Crippen molar-refractivity contribution >= 4 is 78.5 Å². The molecule has 18 nitrogen and oxygen atoms in total. The molecule has 400 valence electrons. The van der Waals surface area contributed by atoms with Crippen molar-refractivity contribution in [2.24, 2.45) is 0 Å². The Morgan fingerprint density at radius 3 is 1.52 bits per heavy atom. The summed E-state index contributed by atoms with van der Waals surface area (Å²) in [6.07, 6.45) is 1.31. The number of ether oxygens (including phenoxy) is 4. The van der Waals surface area contributed by atoms with Crippen LogP contribution in [0.1, 0.15) is 58.1 Å². The van der Waals surface area contributed by atoms with Crippen LogP contribution in [-0.2, 0) is 52.1 Å². The van der Waals surface area contributed by atoms with Gasteiger partial charge < -0.3 is 50.4 Å². The number of rotatable bonds is 29. The van der Waals surface area contributed by atoms with E-state index in [4.69, 9.17) is 65.4 Å². The van der Waals surface area contributed by atoms with E-state index in [0.717, 1.165) is 33.4 Å². The lowest BCUT2D eigenvalue weighted by Crippen LogP contribution is -2.39. The highest BCUT2D eigenvalue weighted by Crippen LogP contribution is 2.39. The molecule has 2 aliphatic rings. The van der Waals surface area contributed by atoms with Gasteiger partial charge in [0.15, 0.2) is 0 Å². The summed E-state index contributed by atoms with van der Waals surface area (Å²) in [5.74, 6) is -0.204. The van der Waals surface area contributed by atoms with Gasteiger partial charge in [-0.3, -0.25) is 0 Å². The normalized spacial score (nSPS) is 15.8. The first-order valence-corrected chi connectivity index (χ1v) is 28.5. The number of carbonyl (C=O) groups excluding carboxylic acids is 2. The van der Waals surface area contributed by atoms with Crippen molar-refractivity contribution in [3.8, 4) is 0 Å². The van der Waals surface area contributed by atoms with Crippen LogP contribution in [0, 0.1) is 0 Å². The van der Waals surface area contributed by atoms with Gasteiger partial charge in [-0.25, -0.2) is 35.9 Å². The molecule has 4 aromatic rings. The van der Waals surface area contributed by atoms with Gasteiger partial charge in [-0.2, -0.15) is 0 Å². The number of halogens is 4. The second kappa shape index (κ2) is 29.5. The first-order chi connectivity index (χ1) is 35.1. The number of nitrogens with one attached hydrogen (secondary N) is 7. The standard InChI is InChI=1S/C49H64Cl4N8O10S2/c1-61-32-44(41-27-37(51)29-47(53)45(41)33-61)35-7-5-9-39(25-35)73(66,67)60-15-19-71-23-21-69-17-13-58-49(63)56-11-3-2-10-55-48(62)57-12-16-68-20-22-70-18-14-59-72(64,65)38-8-4-6-34(24-38)42-30-54-31-43-40(42)26-36(50)28-46(43)52/h4-9,24-29,42,44,54,59-60H,2-3,10-23,30-33H2,1H3,(H2,55,57,62)(H2,56,58,63). The van der Waals surface area contributed by atoms with Gasteiger partial charge in [0.1, 0.15) is 0 Å². The van der Waals surface area contributed by atoms with Crippen LogP contribution in [0.4, 0.5) is 9.59 Å². The van der Waals surface area contributed by atoms with E-state index in [1.807, 2.05) is 31.3 Å². The van der Waals surface area contributed by atoms with Crippen LogP contribution >= 0.6 is 46.4 Å². The van der Waals surface area contributed by atoms with E-state index in [1.54, 1.807) is 48.5 Å². The number of urea groups is 2. The highest BCUT2D eigenvalue weighted by Gasteiger charge is 2.29. The van der Waals surface area contributed by atoms with Gasteiger partial charge in [0.25, 0.3) is 0 Å². The number of benzene rings is 4. The molecule has 2 heterocycles. The fraction of sp³-hybridized carbons (Fsp3) is 0.469. The third-order valence-electron chi connectivity index (χ3n) is 11.9. The van der Waals surface area contributed by atoms with Crippen molar-refractivity contribution in [1.82, 2.24) is 40.9 Å². The average Bonchev–Trinajstić information content (AvgIpc) is 3.36. The topological polar surface area (TPSA) is 227 Å². The second-order valence-corrected chi connectivity index (χ2v) is 22.5. The zero-order chi connectivity index (χ0) is 52.2. The lowest BCUT2D eigenvalue weighted by atomic mass is 9.85. The fourth-order valence-electron chi connectivity index (χ4n) is 8.36. The maximum absolute atomic E-state index is 13.1. The SMILES string of the molecule is CN1Cc2c(Cl)cc(Cl)cc2C(c2cccc(S(=O)(=O)NCCOCCOCCNC(=O)NCCCCNC(=O)NCCOCCOCCNS(=O)(=O)c3cccc(C4CNCc5c(Cl)cc(Cl)cc54)c3)c2)C1. The van der Waals surface area contributed by atoms with E-state index in [-0.39, 0.29) is 113 Å². The molecule has 4 aromatic carbocycles. The highest BCUT2D eigenvalue weighted by atomic mass is 35.5. The van der Waals surface area contributed by atoms with Crippen LogP contribution in [0.2, 0.25) is 20.1 Å². The quantitative estimate of drug-likeness (QED) is 0.0320. The van der Waals surface area contributed by atoms with Gasteiger partial charge in [0, 0.05) is 97.4 Å². The third-order valence-corrected chi connectivity index (χ3v) is 15.9. The molecule has 0 saturated carbocycles. The lowest BCUT2D eigenvalue weighted by Gasteiger charge is -2.33. The second-order valence-electron chi connectivity index (χ2n) is 17.3. The molecule has 2 atom stereocenters. The van der Waals surface area contributed by atoms with Gasteiger partial charge in [-0.05, 0) is 102 Å². The molecule has 0 bridgehead atoms. The van der Waals surface area contributed by atoms with Gasteiger partial charge in [0.2, 0.25) is 20.0 Å². The monoisotopic (exact) mass is 1130 g/mol.